The summed E-state index contributed by atoms with van der Waals surface area (Å²) in [6.07, 6.45) is 4.62. The monoisotopic (exact) mass is 253 g/mol. The van der Waals surface area contributed by atoms with Crippen molar-refractivity contribution >= 4 is 0 Å². The van der Waals surface area contributed by atoms with E-state index in [2.05, 4.69) is 22.0 Å². The maximum atomic E-state index is 5.85. The first-order valence-electron chi connectivity index (χ1n) is 7.63. The highest BCUT2D eigenvalue weighted by Gasteiger charge is 2.34. The number of nitrogens with one attached hydrogen (secondary N) is 1. The van der Waals surface area contributed by atoms with Crippen molar-refractivity contribution < 1.29 is 4.74 Å². The van der Waals surface area contributed by atoms with Crippen molar-refractivity contribution in [2.75, 3.05) is 45.9 Å². The van der Waals surface area contributed by atoms with Crippen LogP contribution in [0, 0.1) is 0 Å². The minimum atomic E-state index is 0.399. The normalized spacial score (nSPS) is 39.5. The minimum absolute atomic E-state index is 0.399. The summed E-state index contributed by atoms with van der Waals surface area (Å²) in [5.41, 5.74) is 0. The lowest BCUT2D eigenvalue weighted by atomic mass is 9.97. The van der Waals surface area contributed by atoms with E-state index in [1.54, 1.807) is 0 Å². The number of hydrogen-bond donors (Lipinski definition) is 1. The van der Waals surface area contributed by atoms with Crippen LogP contribution in [-0.2, 0) is 4.74 Å². The molecule has 3 heterocycles. The fraction of sp³-hybridized carbons (Fsp3) is 1.00. The first-order valence-corrected chi connectivity index (χ1v) is 7.63. The van der Waals surface area contributed by atoms with E-state index in [-0.39, 0.29) is 0 Å². The van der Waals surface area contributed by atoms with Crippen LogP contribution in [0.4, 0.5) is 0 Å². The van der Waals surface area contributed by atoms with Crippen LogP contribution in [0.1, 0.15) is 26.2 Å². The first kappa shape index (κ1) is 12.9. The predicted octanol–water partition coefficient (Wildman–Crippen LogP) is 0.533. The molecule has 3 saturated heterocycles. The zero-order valence-electron chi connectivity index (χ0n) is 11.6. The molecule has 3 fully saturated rings. The first-order chi connectivity index (χ1) is 8.83. The molecular weight excluding hydrogens is 226 g/mol. The molecule has 0 aromatic rings. The van der Waals surface area contributed by atoms with Gasteiger partial charge >= 0.3 is 0 Å². The zero-order chi connectivity index (χ0) is 12.4. The van der Waals surface area contributed by atoms with Crippen LogP contribution in [0.3, 0.4) is 0 Å². The smallest absolute Gasteiger partial charge is 0.0826 e. The molecule has 1 N–H and O–H groups in total. The molecule has 0 aromatic heterocycles. The van der Waals surface area contributed by atoms with Gasteiger partial charge in [-0.15, -0.1) is 0 Å². The van der Waals surface area contributed by atoms with Gasteiger partial charge in [-0.25, -0.2) is 0 Å². The van der Waals surface area contributed by atoms with Gasteiger partial charge in [-0.3, -0.25) is 9.80 Å². The third-order valence-electron chi connectivity index (χ3n) is 4.76. The fourth-order valence-electron chi connectivity index (χ4n) is 3.67. The molecular formula is C14H27N3O. The molecule has 0 radical (unpaired) electrons. The van der Waals surface area contributed by atoms with E-state index in [0.29, 0.717) is 12.1 Å². The highest BCUT2D eigenvalue weighted by atomic mass is 16.5. The van der Waals surface area contributed by atoms with Crippen LogP contribution < -0.4 is 5.32 Å². The van der Waals surface area contributed by atoms with Gasteiger partial charge in [-0.1, -0.05) is 6.42 Å². The molecule has 3 rings (SSSR count). The standard InChI is InChI=1S/C14H27N3O/c1-12-9-16-6-3-2-4-13(16)10-17(12)11-14-8-15-5-7-18-14/h12-15H,2-11H2,1H3. The van der Waals surface area contributed by atoms with Crippen molar-refractivity contribution in [1.29, 1.82) is 0 Å². The third-order valence-corrected chi connectivity index (χ3v) is 4.76. The third kappa shape index (κ3) is 2.87. The Hall–Kier alpha value is -0.160. The second kappa shape index (κ2) is 5.87. The molecule has 4 nitrogen and oxygen atoms in total. The number of nitrogens with zero attached hydrogens (tertiary/aromatic N) is 2. The molecule has 0 saturated carbocycles. The van der Waals surface area contributed by atoms with Crippen molar-refractivity contribution in [2.24, 2.45) is 0 Å². The van der Waals surface area contributed by atoms with Crippen LogP contribution in [0.5, 0.6) is 0 Å². The van der Waals surface area contributed by atoms with Gasteiger partial charge in [-0.05, 0) is 26.3 Å². The van der Waals surface area contributed by atoms with E-state index in [9.17, 15) is 0 Å². The lowest BCUT2D eigenvalue weighted by Crippen LogP contribution is -2.60. The van der Waals surface area contributed by atoms with Gasteiger partial charge in [0.2, 0.25) is 0 Å². The summed E-state index contributed by atoms with van der Waals surface area (Å²) in [5, 5.41) is 3.43. The largest absolute Gasteiger partial charge is 0.374 e. The van der Waals surface area contributed by atoms with E-state index in [1.807, 2.05) is 0 Å². The highest BCUT2D eigenvalue weighted by Crippen LogP contribution is 2.24. The second-order valence-corrected chi connectivity index (χ2v) is 6.14. The van der Waals surface area contributed by atoms with Crippen molar-refractivity contribution in [3.05, 3.63) is 0 Å². The maximum Gasteiger partial charge on any atom is 0.0826 e. The summed E-state index contributed by atoms with van der Waals surface area (Å²) in [7, 11) is 0. The van der Waals surface area contributed by atoms with E-state index in [4.69, 9.17) is 4.74 Å². The molecule has 0 spiro atoms. The molecule has 3 aliphatic heterocycles. The molecule has 0 aromatic carbocycles. The Balaban J connectivity index is 1.54. The molecule has 0 amide bonds. The highest BCUT2D eigenvalue weighted by molar-refractivity contribution is 4.90. The molecule has 3 atom stereocenters. The molecule has 18 heavy (non-hydrogen) atoms. The Bertz CT molecular complexity index is 266. The summed E-state index contributed by atoms with van der Waals surface area (Å²) < 4.78 is 5.85. The molecule has 104 valence electrons. The van der Waals surface area contributed by atoms with Gasteiger partial charge in [0.15, 0.2) is 0 Å². The van der Waals surface area contributed by atoms with Crippen molar-refractivity contribution in [1.82, 2.24) is 15.1 Å². The number of ether oxygens (including phenoxy) is 1. The van der Waals surface area contributed by atoms with Crippen LogP contribution in [-0.4, -0.2) is 73.9 Å². The van der Waals surface area contributed by atoms with Gasteiger partial charge < -0.3 is 10.1 Å². The number of rotatable bonds is 2. The van der Waals surface area contributed by atoms with E-state index in [1.165, 1.54) is 38.9 Å². The number of piperazine rings is 1. The number of fused-ring (bicyclic) bond motifs is 1. The number of piperidine rings is 1. The van der Waals surface area contributed by atoms with Gasteiger partial charge in [0.05, 0.1) is 12.7 Å². The van der Waals surface area contributed by atoms with Gasteiger partial charge in [0.25, 0.3) is 0 Å². The van der Waals surface area contributed by atoms with Gasteiger partial charge in [-0.2, -0.15) is 0 Å². The maximum absolute atomic E-state index is 5.85. The van der Waals surface area contributed by atoms with Crippen molar-refractivity contribution in [3.8, 4) is 0 Å². The number of hydrogen-bond acceptors (Lipinski definition) is 4. The summed E-state index contributed by atoms with van der Waals surface area (Å²) in [6, 6.07) is 1.50. The number of morpholine rings is 1. The SMILES string of the molecule is CC1CN2CCCCC2CN1CC1CNCCO1. The van der Waals surface area contributed by atoms with Crippen LogP contribution in [0.25, 0.3) is 0 Å². The van der Waals surface area contributed by atoms with Gasteiger partial charge in [0.1, 0.15) is 0 Å². The quantitative estimate of drug-likeness (QED) is 0.777. The van der Waals surface area contributed by atoms with Crippen LogP contribution in [0.15, 0.2) is 0 Å². The summed E-state index contributed by atoms with van der Waals surface area (Å²) in [4.78, 5) is 5.37. The fourth-order valence-corrected chi connectivity index (χ4v) is 3.67. The Kier molecular flexibility index (Phi) is 4.19. The van der Waals surface area contributed by atoms with Crippen molar-refractivity contribution in [2.45, 2.75) is 44.4 Å². The zero-order valence-corrected chi connectivity index (χ0v) is 11.6. The second-order valence-electron chi connectivity index (χ2n) is 6.14. The average molecular weight is 253 g/mol. The van der Waals surface area contributed by atoms with Crippen LogP contribution >= 0.6 is 0 Å². The summed E-state index contributed by atoms with van der Waals surface area (Å²) in [5.74, 6) is 0. The lowest BCUT2D eigenvalue weighted by molar-refractivity contribution is -0.0374. The molecule has 0 bridgehead atoms. The Morgan fingerprint density at radius 2 is 2.22 bits per heavy atom. The lowest BCUT2D eigenvalue weighted by Gasteiger charge is -2.48. The van der Waals surface area contributed by atoms with Crippen molar-refractivity contribution in [3.63, 3.8) is 0 Å². The Morgan fingerprint density at radius 1 is 1.28 bits per heavy atom. The molecule has 0 aliphatic carbocycles. The van der Waals surface area contributed by atoms with Gasteiger partial charge in [0, 0.05) is 44.8 Å². The minimum Gasteiger partial charge on any atom is -0.374 e. The average Bonchev–Trinajstić information content (AvgIpc) is 2.41. The van der Waals surface area contributed by atoms with E-state index in [0.717, 1.165) is 32.3 Å². The van der Waals surface area contributed by atoms with Crippen LogP contribution in [0.2, 0.25) is 0 Å². The summed E-state index contributed by atoms with van der Waals surface area (Å²) in [6.45, 7) is 10.2. The van der Waals surface area contributed by atoms with E-state index < -0.39 is 0 Å². The topological polar surface area (TPSA) is 27.7 Å². The molecule has 4 heteroatoms. The van der Waals surface area contributed by atoms with E-state index >= 15 is 0 Å². The molecule has 3 unspecified atom stereocenters. The summed E-state index contributed by atoms with van der Waals surface area (Å²) >= 11 is 0. The predicted molar refractivity (Wildman–Crippen MR) is 72.9 cm³/mol. The molecule has 3 aliphatic rings. The Morgan fingerprint density at radius 3 is 3.06 bits per heavy atom. The Labute approximate surface area is 111 Å².